The molecule has 3 heteroatoms. The standard InChI is InChI=1S/C11H22O3/c1-8-4-6-9(7-5-8)10(12)11(13-2)14-3/h8-12H,4-7H2,1-3H3. The van der Waals surface area contributed by atoms with E-state index in [1.165, 1.54) is 12.8 Å². The molecule has 0 spiro atoms. The second-order valence-corrected chi connectivity index (χ2v) is 4.35. The van der Waals surface area contributed by atoms with Crippen molar-refractivity contribution in [1.82, 2.24) is 0 Å². The lowest BCUT2D eigenvalue weighted by atomic mass is 9.80. The molecule has 1 saturated carbocycles. The van der Waals surface area contributed by atoms with Gasteiger partial charge < -0.3 is 14.6 Å². The zero-order chi connectivity index (χ0) is 10.6. The fraction of sp³-hybridized carbons (Fsp3) is 1.00. The van der Waals surface area contributed by atoms with Gasteiger partial charge in [0.05, 0.1) is 0 Å². The zero-order valence-corrected chi connectivity index (χ0v) is 9.40. The van der Waals surface area contributed by atoms with Gasteiger partial charge in [-0.3, -0.25) is 0 Å². The highest BCUT2D eigenvalue weighted by atomic mass is 16.7. The summed E-state index contributed by atoms with van der Waals surface area (Å²) >= 11 is 0. The van der Waals surface area contributed by atoms with Gasteiger partial charge in [-0.15, -0.1) is 0 Å². The molecule has 1 atom stereocenters. The normalized spacial score (nSPS) is 30.6. The number of hydrogen-bond acceptors (Lipinski definition) is 3. The molecule has 1 unspecified atom stereocenters. The third-order valence-electron chi connectivity index (χ3n) is 3.29. The van der Waals surface area contributed by atoms with Crippen LogP contribution in [0.3, 0.4) is 0 Å². The van der Waals surface area contributed by atoms with Gasteiger partial charge in [0.15, 0.2) is 6.29 Å². The van der Waals surface area contributed by atoms with Crippen LogP contribution in [-0.4, -0.2) is 31.7 Å². The SMILES string of the molecule is COC(OC)C(O)C1CCC(C)CC1. The summed E-state index contributed by atoms with van der Waals surface area (Å²) in [6.45, 7) is 2.27. The molecular formula is C11H22O3. The Morgan fingerprint density at radius 3 is 2.00 bits per heavy atom. The summed E-state index contributed by atoms with van der Waals surface area (Å²) in [5, 5.41) is 9.97. The molecule has 0 heterocycles. The van der Waals surface area contributed by atoms with Crippen molar-refractivity contribution >= 4 is 0 Å². The van der Waals surface area contributed by atoms with Crippen LogP contribution >= 0.6 is 0 Å². The van der Waals surface area contributed by atoms with Crippen molar-refractivity contribution in [1.29, 1.82) is 0 Å². The van der Waals surface area contributed by atoms with Crippen LogP contribution < -0.4 is 0 Å². The average Bonchev–Trinajstić information content (AvgIpc) is 2.20. The fourth-order valence-electron chi connectivity index (χ4n) is 2.22. The number of aliphatic hydroxyl groups excluding tert-OH is 1. The van der Waals surface area contributed by atoms with Crippen molar-refractivity contribution in [3.8, 4) is 0 Å². The van der Waals surface area contributed by atoms with Crippen LogP contribution in [0.15, 0.2) is 0 Å². The first kappa shape index (κ1) is 12.0. The van der Waals surface area contributed by atoms with E-state index in [9.17, 15) is 5.11 Å². The average molecular weight is 202 g/mol. The molecule has 0 aromatic heterocycles. The van der Waals surface area contributed by atoms with Crippen molar-refractivity contribution < 1.29 is 14.6 Å². The largest absolute Gasteiger partial charge is 0.388 e. The lowest BCUT2D eigenvalue weighted by Crippen LogP contribution is -2.37. The molecule has 1 N–H and O–H groups in total. The first-order valence-corrected chi connectivity index (χ1v) is 5.42. The Balaban J connectivity index is 2.39. The Hall–Kier alpha value is -0.120. The molecule has 1 aliphatic rings. The summed E-state index contributed by atoms with van der Waals surface area (Å²) in [6.07, 6.45) is 3.66. The molecule has 14 heavy (non-hydrogen) atoms. The van der Waals surface area contributed by atoms with Crippen molar-refractivity contribution in [2.45, 2.75) is 45.0 Å². The van der Waals surface area contributed by atoms with Gasteiger partial charge in [0, 0.05) is 14.2 Å². The fourth-order valence-corrected chi connectivity index (χ4v) is 2.22. The van der Waals surface area contributed by atoms with Crippen molar-refractivity contribution in [3.63, 3.8) is 0 Å². The molecule has 0 amide bonds. The number of hydrogen-bond donors (Lipinski definition) is 1. The summed E-state index contributed by atoms with van der Waals surface area (Å²) in [5.41, 5.74) is 0. The van der Waals surface area contributed by atoms with Gasteiger partial charge in [0.25, 0.3) is 0 Å². The third kappa shape index (κ3) is 2.94. The van der Waals surface area contributed by atoms with Crippen LogP contribution in [0.5, 0.6) is 0 Å². The third-order valence-corrected chi connectivity index (χ3v) is 3.29. The predicted octanol–water partition coefficient (Wildman–Crippen LogP) is 1.79. The maximum atomic E-state index is 9.97. The van der Waals surface area contributed by atoms with Gasteiger partial charge in [-0.25, -0.2) is 0 Å². The Labute approximate surface area is 86.4 Å². The van der Waals surface area contributed by atoms with Gasteiger partial charge in [-0.2, -0.15) is 0 Å². The number of ether oxygens (including phenoxy) is 2. The number of methoxy groups -OCH3 is 2. The Bertz CT molecular complexity index is 149. The van der Waals surface area contributed by atoms with E-state index in [-0.39, 0.29) is 0 Å². The minimum absolute atomic E-state index is 0.344. The molecule has 0 aromatic rings. The van der Waals surface area contributed by atoms with E-state index in [4.69, 9.17) is 9.47 Å². The van der Waals surface area contributed by atoms with Crippen LogP contribution in [0.1, 0.15) is 32.6 Å². The molecule has 0 aliphatic heterocycles. The van der Waals surface area contributed by atoms with Crippen LogP contribution in [0, 0.1) is 11.8 Å². The first-order chi connectivity index (χ1) is 6.69. The molecule has 0 aromatic carbocycles. The van der Waals surface area contributed by atoms with Gasteiger partial charge >= 0.3 is 0 Å². The van der Waals surface area contributed by atoms with E-state index < -0.39 is 12.4 Å². The predicted molar refractivity (Wildman–Crippen MR) is 54.9 cm³/mol. The maximum absolute atomic E-state index is 9.97. The van der Waals surface area contributed by atoms with E-state index in [2.05, 4.69) is 6.92 Å². The van der Waals surface area contributed by atoms with Crippen LogP contribution in [0.4, 0.5) is 0 Å². The summed E-state index contributed by atoms with van der Waals surface area (Å²) in [5.74, 6) is 1.15. The molecule has 1 rings (SSSR count). The highest BCUT2D eigenvalue weighted by molar-refractivity contribution is 4.77. The van der Waals surface area contributed by atoms with Gasteiger partial charge in [-0.1, -0.05) is 19.8 Å². The first-order valence-electron chi connectivity index (χ1n) is 5.42. The quantitative estimate of drug-likeness (QED) is 0.706. The van der Waals surface area contributed by atoms with E-state index >= 15 is 0 Å². The molecule has 0 radical (unpaired) electrons. The highest BCUT2D eigenvalue weighted by Gasteiger charge is 2.30. The summed E-state index contributed by atoms with van der Waals surface area (Å²) < 4.78 is 10.1. The van der Waals surface area contributed by atoms with Crippen LogP contribution in [-0.2, 0) is 9.47 Å². The molecule has 1 aliphatic carbocycles. The second kappa shape index (κ2) is 5.69. The number of rotatable bonds is 4. The lowest BCUT2D eigenvalue weighted by Gasteiger charge is -2.32. The van der Waals surface area contributed by atoms with E-state index in [1.54, 1.807) is 14.2 Å². The second-order valence-electron chi connectivity index (χ2n) is 4.35. The lowest BCUT2D eigenvalue weighted by molar-refractivity contribution is -0.182. The monoisotopic (exact) mass is 202 g/mol. The van der Waals surface area contributed by atoms with E-state index in [0.29, 0.717) is 5.92 Å². The van der Waals surface area contributed by atoms with Crippen LogP contribution in [0.2, 0.25) is 0 Å². The van der Waals surface area contributed by atoms with Crippen molar-refractivity contribution in [2.24, 2.45) is 11.8 Å². The maximum Gasteiger partial charge on any atom is 0.182 e. The van der Waals surface area contributed by atoms with Gasteiger partial charge in [-0.05, 0) is 24.7 Å². The Morgan fingerprint density at radius 2 is 1.57 bits per heavy atom. The minimum Gasteiger partial charge on any atom is -0.388 e. The molecular weight excluding hydrogens is 180 g/mol. The zero-order valence-electron chi connectivity index (χ0n) is 9.40. The van der Waals surface area contributed by atoms with E-state index in [0.717, 1.165) is 18.8 Å². The number of aliphatic hydroxyl groups is 1. The molecule has 0 bridgehead atoms. The summed E-state index contributed by atoms with van der Waals surface area (Å²) in [7, 11) is 3.14. The van der Waals surface area contributed by atoms with Crippen LogP contribution in [0.25, 0.3) is 0 Å². The van der Waals surface area contributed by atoms with E-state index in [1.807, 2.05) is 0 Å². The highest BCUT2D eigenvalue weighted by Crippen LogP contribution is 2.31. The van der Waals surface area contributed by atoms with Gasteiger partial charge in [0.1, 0.15) is 6.10 Å². The smallest absolute Gasteiger partial charge is 0.182 e. The van der Waals surface area contributed by atoms with Gasteiger partial charge in [0.2, 0.25) is 0 Å². The molecule has 1 fully saturated rings. The molecule has 0 saturated heterocycles. The van der Waals surface area contributed by atoms with Crippen molar-refractivity contribution in [2.75, 3.05) is 14.2 Å². The molecule has 84 valence electrons. The topological polar surface area (TPSA) is 38.7 Å². The van der Waals surface area contributed by atoms with Crippen molar-refractivity contribution in [3.05, 3.63) is 0 Å². The molecule has 3 nitrogen and oxygen atoms in total. The Morgan fingerprint density at radius 1 is 1.07 bits per heavy atom. The summed E-state index contributed by atoms with van der Waals surface area (Å²) in [4.78, 5) is 0. The minimum atomic E-state index is -0.475. The summed E-state index contributed by atoms with van der Waals surface area (Å²) in [6, 6.07) is 0. The Kier molecular flexibility index (Phi) is 4.85.